The highest BCUT2D eigenvalue weighted by atomic mass is 35.5. The van der Waals surface area contributed by atoms with Gasteiger partial charge in [-0.15, -0.1) is 0 Å². The number of benzene rings is 3. The molecule has 0 fully saturated rings. The van der Waals surface area contributed by atoms with E-state index in [4.69, 9.17) is 23.2 Å². The van der Waals surface area contributed by atoms with Gasteiger partial charge in [-0.2, -0.15) is 0 Å². The van der Waals surface area contributed by atoms with E-state index in [0.29, 0.717) is 33.5 Å². The van der Waals surface area contributed by atoms with Gasteiger partial charge in [0.1, 0.15) is 6.04 Å². The summed E-state index contributed by atoms with van der Waals surface area (Å²) < 4.78 is 24.0. The molecule has 1 heterocycles. The summed E-state index contributed by atoms with van der Waals surface area (Å²) in [5.41, 5.74) is 2.82. The Bertz CT molecular complexity index is 1350. The first kappa shape index (κ1) is 24.1. The third-order valence-electron chi connectivity index (χ3n) is 5.65. The second-order valence-electron chi connectivity index (χ2n) is 7.85. The van der Waals surface area contributed by atoms with Gasteiger partial charge in [0.05, 0.1) is 21.9 Å². The zero-order valence-corrected chi connectivity index (χ0v) is 20.8. The first-order valence-electron chi connectivity index (χ1n) is 10.5. The number of carboxylic acids is 1. The van der Waals surface area contributed by atoms with Crippen LogP contribution >= 0.6 is 23.2 Å². The van der Waals surface area contributed by atoms with E-state index in [-0.39, 0.29) is 10.5 Å². The first-order chi connectivity index (χ1) is 16.1. The van der Waals surface area contributed by atoms with Crippen LogP contribution in [-0.2, 0) is 14.6 Å². The summed E-state index contributed by atoms with van der Waals surface area (Å²) in [6, 6.07) is 19.8. The fourth-order valence-electron chi connectivity index (χ4n) is 4.17. The van der Waals surface area contributed by atoms with E-state index in [1.807, 2.05) is 16.9 Å². The monoisotopic (exact) mass is 516 g/mol. The smallest absolute Gasteiger partial charge is 0.336 e. The molecule has 1 atom stereocenters. The van der Waals surface area contributed by atoms with Crippen molar-refractivity contribution in [2.75, 3.05) is 17.8 Å². The number of rotatable bonds is 6. The van der Waals surface area contributed by atoms with Gasteiger partial charge in [-0.1, -0.05) is 47.5 Å². The van der Waals surface area contributed by atoms with Crippen molar-refractivity contribution in [3.8, 4) is 0 Å². The first-order valence-corrected chi connectivity index (χ1v) is 13.1. The number of carboxylic acid groups (broad SMARTS) is 1. The van der Waals surface area contributed by atoms with Crippen LogP contribution in [0.25, 0.3) is 5.70 Å². The molecule has 4 rings (SSSR count). The molecule has 176 valence electrons. The van der Waals surface area contributed by atoms with Crippen molar-refractivity contribution in [2.45, 2.75) is 17.9 Å². The maximum Gasteiger partial charge on any atom is 0.336 e. The molecule has 0 saturated heterocycles. The molecule has 0 spiro atoms. The predicted octanol–water partition coefficient (Wildman–Crippen LogP) is 5.69. The Morgan fingerprint density at radius 1 is 0.912 bits per heavy atom. The van der Waals surface area contributed by atoms with Gasteiger partial charge >= 0.3 is 5.97 Å². The molecule has 9 heteroatoms. The van der Waals surface area contributed by atoms with Crippen molar-refractivity contribution in [3.63, 3.8) is 0 Å². The summed E-state index contributed by atoms with van der Waals surface area (Å²) in [4.78, 5) is 12.9. The summed E-state index contributed by atoms with van der Waals surface area (Å²) in [5, 5.41) is 15.2. The van der Waals surface area contributed by atoms with Crippen LogP contribution in [-0.4, -0.2) is 37.3 Å². The Balaban J connectivity index is 1.96. The van der Waals surface area contributed by atoms with Crippen LogP contribution in [0.5, 0.6) is 0 Å². The number of hydrogen-bond donors (Lipinski definition) is 1. The Morgan fingerprint density at radius 2 is 1.44 bits per heavy atom. The Kier molecular flexibility index (Phi) is 6.62. The van der Waals surface area contributed by atoms with Crippen LogP contribution in [0.15, 0.2) is 83.3 Å². The fraction of sp³-hybridized carbons (Fsp3) is 0.160. The second kappa shape index (κ2) is 9.33. The lowest BCUT2D eigenvalue weighted by molar-refractivity contribution is -0.132. The molecule has 3 aromatic carbocycles. The molecule has 0 radical (unpaired) electrons. The van der Waals surface area contributed by atoms with Crippen molar-refractivity contribution in [2.24, 2.45) is 0 Å². The number of halogens is 2. The van der Waals surface area contributed by atoms with Crippen molar-refractivity contribution in [1.29, 1.82) is 0 Å². The van der Waals surface area contributed by atoms with Crippen molar-refractivity contribution in [1.82, 2.24) is 5.01 Å². The van der Waals surface area contributed by atoms with E-state index in [1.165, 1.54) is 12.1 Å². The lowest BCUT2D eigenvalue weighted by Gasteiger charge is -2.37. The molecule has 34 heavy (non-hydrogen) atoms. The summed E-state index contributed by atoms with van der Waals surface area (Å²) in [6.07, 6.45) is 1.15. The zero-order chi connectivity index (χ0) is 24.6. The zero-order valence-electron chi connectivity index (χ0n) is 18.4. The summed E-state index contributed by atoms with van der Waals surface area (Å²) in [7, 11) is -3.38. The van der Waals surface area contributed by atoms with Crippen LogP contribution in [0.4, 0.5) is 5.69 Å². The second-order valence-corrected chi connectivity index (χ2v) is 10.7. The molecular formula is C25H22Cl2N2O4S. The minimum Gasteiger partial charge on any atom is -0.478 e. The van der Waals surface area contributed by atoms with E-state index in [2.05, 4.69) is 0 Å². The number of sulfone groups is 1. The number of carbonyl (C=O) groups is 1. The van der Waals surface area contributed by atoms with Crippen LogP contribution < -0.4 is 5.01 Å². The summed E-state index contributed by atoms with van der Waals surface area (Å²) in [5.74, 6) is -1.06. The van der Waals surface area contributed by atoms with E-state index in [9.17, 15) is 18.3 Å². The highest BCUT2D eigenvalue weighted by Gasteiger charge is 2.43. The molecule has 1 aliphatic heterocycles. The third-order valence-corrected chi connectivity index (χ3v) is 7.29. The molecule has 1 aliphatic rings. The maximum atomic E-state index is 12.7. The quantitative estimate of drug-likeness (QED) is 0.453. The minimum absolute atomic E-state index is 0.186. The Morgan fingerprint density at radius 3 is 1.91 bits per heavy atom. The van der Waals surface area contributed by atoms with E-state index >= 15 is 0 Å². The standard InChI is InChI=1S/C25H22Cl2N2O4S/c1-3-28-23(16-4-8-18(26)9-5-16)22(25(30)31)24(17-6-10-19(27)11-7-17)29(28)20-12-14-21(15-13-20)34(2,32)33/h4-15,24H,3H2,1-2H3,(H,30,31). The predicted molar refractivity (Wildman–Crippen MR) is 135 cm³/mol. The average Bonchev–Trinajstić information content (AvgIpc) is 3.15. The third kappa shape index (κ3) is 4.51. The van der Waals surface area contributed by atoms with Crippen LogP contribution in [0, 0.1) is 0 Å². The molecule has 0 aliphatic carbocycles. The highest BCUT2D eigenvalue weighted by molar-refractivity contribution is 7.90. The lowest BCUT2D eigenvalue weighted by Crippen LogP contribution is -2.39. The van der Waals surface area contributed by atoms with Crippen molar-refractivity contribution in [3.05, 3.63) is 99.5 Å². The van der Waals surface area contributed by atoms with E-state index < -0.39 is 21.8 Å². The normalized spacial score (nSPS) is 16.3. The highest BCUT2D eigenvalue weighted by Crippen LogP contribution is 2.47. The lowest BCUT2D eigenvalue weighted by atomic mass is 9.95. The minimum atomic E-state index is -3.38. The number of hydrogen-bond acceptors (Lipinski definition) is 5. The SMILES string of the molecule is CCN1C(c2ccc(Cl)cc2)=C(C(=O)O)C(c2ccc(Cl)cc2)N1c1ccc(S(C)(=O)=O)cc1. The molecule has 0 saturated carbocycles. The molecule has 1 N–H and O–H groups in total. The molecule has 1 unspecified atom stereocenters. The van der Waals surface area contributed by atoms with Crippen LogP contribution in [0.1, 0.15) is 24.1 Å². The number of nitrogens with zero attached hydrogens (tertiary/aromatic N) is 2. The largest absolute Gasteiger partial charge is 0.478 e. The summed E-state index contributed by atoms with van der Waals surface area (Å²) >= 11 is 12.2. The number of anilines is 1. The Hall–Kier alpha value is -3.00. The van der Waals surface area contributed by atoms with Gasteiger partial charge < -0.3 is 5.11 Å². The molecular weight excluding hydrogens is 495 g/mol. The van der Waals surface area contributed by atoms with Crippen LogP contribution in [0.2, 0.25) is 10.0 Å². The van der Waals surface area contributed by atoms with Crippen LogP contribution in [0.3, 0.4) is 0 Å². The van der Waals surface area contributed by atoms with Crippen molar-refractivity contribution >= 4 is 50.4 Å². The topological polar surface area (TPSA) is 77.9 Å². The van der Waals surface area contributed by atoms with Gasteiger partial charge in [0.15, 0.2) is 9.84 Å². The summed E-state index contributed by atoms with van der Waals surface area (Å²) in [6.45, 7) is 2.39. The molecule has 0 bridgehead atoms. The maximum absolute atomic E-state index is 12.7. The molecule has 6 nitrogen and oxygen atoms in total. The average molecular weight is 517 g/mol. The Labute approximate surface area is 208 Å². The van der Waals surface area contributed by atoms with E-state index in [0.717, 1.165) is 11.8 Å². The molecule has 0 amide bonds. The van der Waals surface area contributed by atoms with E-state index in [1.54, 1.807) is 60.7 Å². The number of aliphatic carboxylic acids is 1. The fourth-order valence-corrected chi connectivity index (χ4v) is 5.05. The molecule has 3 aromatic rings. The van der Waals surface area contributed by atoms with Gasteiger partial charge in [0, 0.05) is 28.4 Å². The van der Waals surface area contributed by atoms with Gasteiger partial charge in [0.25, 0.3) is 0 Å². The van der Waals surface area contributed by atoms with Crippen molar-refractivity contribution < 1.29 is 18.3 Å². The molecule has 0 aromatic heterocycles. The van der Waals surface area contributed by atoms with Gasteiger partial charge in [0.2, 0.25) is 0 Å². The van der Waals surface area contributed by atoms with Gasteiger partial charge in [-0.05, 0) is 61.0 Å². The number of hydrazine groups is 1. The van der Waals surface area contributed by atoms with Gasteiger partial charge in [-0.25, -0.2) is 13.2 Å². The van der Waals surface area contributed by atoms with Gasteiger partial charge in [-0.3, -0.25) is 10.0 Å².